The number of aromatic hydroxyl groups is 1. The van der Waals surface area contributed by atoms with Crippen LogP contribution in [0, 0.1) is 10.1 Å². The molecule has 0 bridgehead atoms. The van der Waals surface area contributed by atoms with E-state index in [0.29, 0.717) is 0 Å². The van der Waals surface area contributed by atoms with E-state index in [1.165, 1.54) is 6.07 Å². The van der Waals surface area contributed by atoms with Crippen LogP contribution in [-0.4, -0.2) is 21.7 Å². The number of ketones is 1. The maximum Gasteiger partial charge on any atom is 0.310 e. The van der Waals surface area contributed by atoms with Crippen molar-refractivity contribution in [2.75, 3.05) is 5.88 Å². The molecule has 0 aliphatic heterocycles. The van der Waals surface area contributed by atoms with Crippen molar-refractivity contribution < 1.29 is 14.8 Å². The Bertz CT molecular complexity index is 391. The predicted octanol–water partition coefficient (Wildman–Crippen LogP) is 1.72. The maximum absolute atomic E-state index is 11.0. The predicted molar refractivity (Wildman–Crippen MR) is 49.8 cm³/mol. The number of halogens is 1. The van der Waals surface area contributed by atoms with Gasteiger partial charge in [0.25, 0.3) is 0 Å². The summed E-state index contributed by atoms with van der Waals surface area (Å²) in [7, 11) is 0. The van der Waals surface area contributed by atoms with E-state index >= 15 is 0 Å². The number of rotatable bonds is 3. The zero-order chi connectivity index (χ0) is 10.7. The molecule has 1 aromatic carbocycles. The van der Waals surface area contributed by atoms with Crippen LogP contribution in [0.2, 0.25) is 0 Å². The molecule has 1 aromatic rings. The third-order valence-corrected chi connectivity index (χ3v) is 1.86. The van der Waals surface area contributed by atoms with E-state index < -0.39 is 22.1 Å². The van der Waals surface area contributed by atoms with Gasteiger partial charge in [-0.1, -0.05) is 0 Å². The molecule has 0 aliphatic carbocycles. The number of carbonyl (C=O) groups is 1. The number of nitrogens with zero attached hydrogens (tertiary/aromatic N) is 1. The summed E-state index contributed by atoms with van der Waals surface area (Å²) in [5.74, 6) is -1.15. The Labute approximate surface area is 84.1 Å². The molecule has 0 aliphatic rings. The largest absolute Gasteiger partial charge is 0.502 e. The highest BCUT2D eigenvalue weighted by Crippen LogP contribution is 2.26. The zero-order valence-electron chi connectivity index (χ0n) is 6.94. The molecule has 0 spiro atoms. The van der Waals surface area contributed by atoms with Gasteiger partial charge in [-0.15, -0.1) is 11.6 Å². The molecule has 0 saturated heterocycles. The van der Waals surface area contributed by atoms with Crippen LogP contribution in [0.1, 0.15) is 10.4 Å². The summed E-state index contributed by atoms with van der Waals surface area (Å²) >= 11 is 5.28. The van der Waals surface area contributed by atoms with E-state index in [-0.39, 0.29) is 11.4 Å². The molecule has 0 unspecified atom stereocenters. The van der Waals surface area contributed by atoms with Crippen molar-refractivity contribution in [3.8, 4) is 5.75 Å². The molecular weight excluding hydrogens is 210 g/mol. The van der Waals surface area contributed by atoms with Crippen LogP contribution in [0.25, 0.3) is 0 Å². The Kier molecular flexibility index (Phi) is 3.03. The van der Waals surface area contributed by atoms with Crippen molar-refractivity contribution in [3.05, 3.63) is 33.9 Å². The normalized spacial score (nSPS) is 9.79. The lowest BCUT2D eigenvalue weighted by Gasteiger charge is -1.98. The van der Waals surface area contributed by atoms with Crippen LogP contribution < -0.4 is 0 Å². The van der Waals surface area contributed by atoms with Crippen LogP contribution in [-0.2, 0) is 0 Å². The third-order valence-electron chi connectivity index (χ3n) is 1.62. The average molecular weight is 216 g/mol. The van der Waals surface area contributed by atoms with Crippen molar-refractivity contribution in [3.63, 3.8) is 0 Å². The number of hydrogen-bond donors (Lipinski definition) is 1. The molecule has 5 nitrogen and oxygen atoms in total. The lowest BCUT2D eigenvalue weighted by molar-refractivity contribution is -0.385. The highest BCUT2D eigenvalue weighted by molar-refractivity contribution is 6.30. The van der Waals surface area contributed by atoms with Gasteiger partial charge in [0, 0.05) is 11.6 Å². The molecule has 0 amide bonds. The number of phenolic OH excluding ortho intramolecular Hbond substituents is 1. The number of carbonyl (C=O) groups excluding carboxylic acids is 1. The number of Topliss-reactive ketones (excluding diaryl/α,β-unsaturated/α-hetero) is 1. The Morgan fingerprint density at radius 1 is 1.57 bits per heavy atom. The van der Waals surface area contributed by atoms with E-state index in [9.17, 15) is 14.9 Å². The van der Waals surface area contributed by atoms with E-state index in [2.05, 4.69) is 0 Å². The van der Waals surface area contributed by atoms with E-state index in [4.69, 9.17) is 16.7 Å². The summed E-state index contributed by atoms with van der Waals surface area (Å²) in [6, 6.07) is 3.35. The smallest absolute Gasteiger partial charge is 0.310 e. The zero-order valence-corrected chi connectivity index (χ0v) is 7.69. The van der Waals surface area contributed by atoms with E-state index in [1.807, 2.05) is 0 Å². The van der Waals surface area contributed by atoms with Gasteiger partial charge >= 0.3 is 5.69 Å². The number of alkyl halides is 1. The first kappa shape index (κ1) is 10.5. The second-order valence-electron chi connectivity index (χ2n) is 2.52. The summed E-state index contributed by atoms with van der Waals surface area (Å²) in [5, 5.41) is 19.5. The van der Waals surface area contributed by atoms with Gasteiger partial charge in [-0.3, -0.25) is 14.9 Å². The highest BCUT2D eigenvalue weighted by atomic mass is 35.5. The number of nitro groups is 1. The lowest BCUT2D eigenvalue weighted by Crippen LogP contribution is -2.00. The molecule has 0 atom stereocenters. The van der Waals surface area contributed by atoms with Crippen molar-refractivity contribution in [2.45, 2.75) is 0 Å². The Morgan fingerprint density at radius 2 is 2.21 bits per heavy atom. The summed E-state index contributed by atoms with van der Waals surface area (Å²) in [4.78, 5) is 20.6. The molecule has 74 valence electrons. The Hall–Kier alpha value is -1.62. The summed E-state index contributed by atoms with van der Waals surface area (Å²) in [6.07, 6.45) is 0. The summed E-state index contributed by atoms with van der Waals surface area (Å²) < 4.78 is 0. The average Bonchev–Trinajstić information content (AvgIpc) is 2.15. The highest BCUT2D eigenvalue weighted by Gasteiger charge is 2.15. The van der Waals surface area contributed by atoms with Crippen molar-refractivity contribution in [1.82, 2.24) is 0 Å². The van der Waals surface area contributed by atoms with Gasteiger partial charge in [0.05, 0.1) is 10.8 Å². The minimum absolute atomic E-state index is 0.156. The van der Waals surface area contributed by atoms with E-state index in [0.717, 1.165) is 12.1 Å². The van der Waals surface area contributed by atoms with Crippen molar-refractivity contribution in [2.24, 2.45) is 0 Å². The van der Waals surface area contributed by atoms with Gasteiger partial charge < -0.3 is 5.11 Å². The first-order chi connectivity index (χ1) is 6.56. The van der Waals surface area contributed by atoms with Crippen LogP contribution in [0.3, 0.4) is 0 Å². The van der Waals surface area contributed by atoms with Crippen molar-refractivity contribution in [1.29, 1.82) is 0 Å². The molecule has 0 radical (unpaired) electrons. The van der Waals surface area contributed by atoms with Crippen LogP contribution in [0.15, 0.2) is 18.2 Å². The molecule has 14 heavy (non-hydrogen) atoms. The summed E-state index contributed by atoms with van der Waals surface area (Å²) in [5.41, 5.74) is -0.278. The monoisotopic (exact) mass is 215 g/mol. The third kappa shape index (κ3) is 2.00. The molecule has 1 rings (SSSR count). The fourth-order valence-electron chi connectivity index (χ4n) is 0.928. The number of hydrogen-bond acceptors (Lipinski definition) is 4. The maximum atomic E-state index is 11.0. The SMILES string of the molecule is O=C(CCl)c1ccc([N+](=O)[O-])c(O)c1. The topological polar surface area (TPSA) is 80.4 Å². The minimum Gasteiger partial charge on any atom is -0.502 e. The fourth-order valence-corrected chi connectivity index (χ4v) is 1.08. The molecule has 1 N–H and O–H groups in total. The number of phenols is 1. The second-order valence-corrected chi connectivity index (χ2v) is 2.78. The van der Waals surface area contributed by atoms with Crippen LogP contribution in [0.4, 0.5) is 5.69 Å². The molecule has 0 heterocycles. The quantitative estimate of drug-likeness (QED) is 0.360. The molecule has 0 fully saturated rings. The van der Waals surface area contributed by atoms with Gasteiger partial charge in [0.1, 0.15) is 0 Å². The van der Waals surface area contributed by atoms with Gasteiger partial charge in [-0.2, -0.15) is 0 Å². The standard InChI is InChI=1S/C8H6ClNO4/c9-4-8(12)5-1-2-6(10(13)14)7(11)3-5/h1-3,11H,4H2. The first-order valence-corrected chi connectivity index (χ1v) is 4.16. The van der Waals surface area contributed by atoms with Crippen molar-refractivity contribution >= 4 is 23.1 Å². The van der Waals surface area contributed by atoms with E-state index in [1.54, 1.807) is 0 Å². The lowest BCUT2D eigenvalue weighted by atomic mass is 10.1. The first-order valence-electron chi connectivity index (χ1n) is 3.63. The molecule has 0 aromatic heterocycles. The van der Waals surface area contributed by atoms with Gasteiger partial charge in [-0.05, 0) is 12.1 Å². The van der Waals surface area contributed by atoms with Crippen LogP contribution >= 0.6 is 11.6 Å². The van der Waals surface area contributed by atoms with Gasteiger partial charge in [-0.25, -0.2) is 0 Å². The number of nitro benzene ring substituents is 1. The van der Waals surface area contributed by atoms with Gasteiger partial charge in [0.2, 0.25) is 0 Å². The molecular formula is C8H6ClNO4. The fraction of sp³-hybridized carbons (Fsp3) is 0.125. The molecule has 0 saturated carbocycles. The second kappa shape index (κ2) is 4.06. The Morgan fingerprint density at radius 3 is 2.64 bits per heavy atom. The number of benzene rings is 1. The summed E-state index contributed by atoms with van der Waals surface area (Å²) in [6.45, 7) is 0. The van der Waals surface area contributed by atoms with Crippen LogP contribution in [0.5, 0.6) is 5.75 Å². The van der Waals surface area contributed by atoms with Gasteiger partial charge in [0.15, 0.2) is 11.5 Å². The minimum atomic E-state index is -0.732. The molecule has 6 heteroatoms. The Balaban J connectivity index is 3.12.